The molecule has 28 heavy (non-hydrogen) atoms. The lowest BCUT2D eigenvalue weighted by atomic mass is 10.0. The van der Waals surface area contributed by atoms with Gasteiger partial charge in [0.1, 0.15) is 6.61 Å². The third kappa shape index (κ3) is 7.71. The van der Waals surface area contributed by atoms with E-state index in [4.69, 9.17) is 15.9 Å². The number of hydrogen-bond donors (Lipinski definition) is 3. The average Bonchev–Trinajstić information content (AvgIpc) is 2.60. The SMILES string of the molecule is CC(I)c1ccc(NC(CC(=N)N)c2cccc(COCC(C)(F)F)c2)cc1. The Kier molecular flexibility index (Phi) is 8.18. The van der Waals surface area contributed by atoms with Crippen LogP contribution in [0.4, 0.5) is 14.5 Å². The first-order chi connectivity index (χ1) is 13.1. The zero-order chi connectivity index (χ0) is 20.7. The van der Waals surface area contributed by atoms with E-state index in [0.717, 1.165) is 23.7 Å². The van der Waals surface area contributed by atoms with Crippen LogP contribution in [0.1, 0.15) is 46.9 Å². The molecule has 2 unspecified atom stereocenters. The van der Waals surface area contributed by atoms with Gasteiger partial charge < -0.3 is 15.8 Å². The van der Waals surface area contributed by atoms with Gasteiger partial charge in [0, 0.05) is 23.0 Å². The number of ether oxygens (including phenoxy) is 1. The van der Waals surface area contributed by atoms with Crippen molar-refractivity contribution in [3.8, 4) is 0 Å². The molecule has 0 aliphatic rings. The zero-order valence-corrected chi connectivity index (χ0v) is 18.2. The highest BCUT2D eigenvalue weighted by Crippen LogP contribution is 2.27. The molecule has 0 aromatic heterocycles. The fourth-order valence-corrected chi connectivity index (χ4v) is 3.18. The molecule has 4 N–H and O–H groups in total. The molecule has 0 fully saturated rings. The summed E-state index contributed by atoms with van der Waals surface area (Å²) in [7, 11) is 0. The van der Waals surface area contributed by atoms with E-state index in [9.17, 15) is 8.78 Å². The molecule has 2 rings (SSSR count). The first-order valence-corrected chi connectivity index (χ1v) is 10.3. The number of hydrogen-bond acceptors (Lipinski definition) is 3. The van der Waals surface area contributed by atoms with Gasteiger partial charge in [0.05, 0.1) is 18.5 Å². The van der Waals surface area contributed by atoms with Crippen LogP contribution in [-0.4, -0.2) is 18.4 Å². The van der Waals surface area contributed by atoms with Crippen molar-refractivity contribution in [3.05, 3.63) is 65.2 Å². The van der Waals surface area contributed by atoms with Crippen molar-refractivity contribution in [1.29, 1.82) is 5.41 Å². The van der Waals surface area contributed by atoms with E-state index in [0.29, 0.717) is 10.3 Å². The predicted molar refractivity (Wildman–Crippen MR) is 118 cm³/mol. The van der Waals surface area contributed by atoms with Crippen molar-refractivity contribution in [2.24, 2.45) is 5.73 Å². The minimum atomic E-state index is -2.85. The number of nitrogens with two attached hydrogens (primary N) is 1. The Bertz CT molecular complexity index is 776. The van der Waals surface area contributed by atoms with Gasteiger partial charge in [-0.05, 0) is 35.7 Å². The van der Waals surface area contributed by atoms with Gasteiger partial charge in [-0.15, -0.1) is 0 Å². The highest BCUT2D eigenvalue weighted by molar-refractivity contribution is 14.1. The van der Waals surface area contributed by atoms with E-state index in [1.54, 1.807) is 0 Å². The number of benzene rings is 2. The standard InChI is InChI=1S/C21H26F2IN3O/c1-14(24)16-6-8-18(9-7-16)27-19(11-20(25)26)17-5-3-4-15(10-17)12-28-13-21(2,22)23/h3-10,14,19,27H,11-13H2,1-2H3,(H3,25,26). The summed E-state index contributed by atoms with van der Waals surface area (Å²) in [4.78, 5) is 0. The second-order valence-electron chi connectivity index (χ2n) is 6.97. The first kappa shape index (κ1) is 22.5. The summed E-state index contributed by atoms with van der Waals surface area (Å²) in [5.74, 6) is -2.78. The van der Waals surface area contributed by atoms with Crippen LogP contribution in [0, 0.1) is 5.41 Å². The van der Waals surface area contributed by atoms with Gasteiger partial charge in [-0.3, -0.25) is 5.41 Å². The second kappa shape index (κ2) is 10.2. The molecule has 0 saturated heterocycles. The lowest BCUT2D eigenvalue weighted by Gasteiger charge is -2.21. The molecule has 2 aromatic rings. The van der Waals surface area contributed by atoms with Crippen molar-refractivity contribution in [2.45, 2.75) is 42.8 Å². The van der Waals surface area contributed by atoms with Crippen molar-refractivity contribution >= 4 is 34.1 Å². The third-order valence-electron chi connectivity index (χ3n) is 4.11. The van der Waals surface area contributed by atoms with Gasteiger partial charge in [0.25, 0.3) is 5.92 Å². The van der Waals surface area contributed by atoms with Crippen molar-refractivity contribution in [1.82, 2.24) is 0 Å². The van der Waals surface area contributed by atoms with Gasteiger partial charge in [-0.25, -0.2) is 8.78 Å². The normalized spacial score (nSPS) is 13.8. The monoisotopic (exact) mass is 501 g/mol. The van der Waals surface area contributed by atoms with Gasteiger partial charge in [-0.2, -0.15) is 0 Å². The molecule has 152 valence electrons. The molecular weight excluding hydrogens is 475 g/mol. The van der Waals surface area contributed by atoms with Crippen LogP contribution < -0.4 is 11.1 Å². The summed E-state index contributed by atoms with van der Waals surface area (Å²) in [6, 6.07) is 15.5. The van der Waals surface area contributed by atoms with Gasteiger partial charge >= 0.3 is 0 Å². The fourth-order valence-electron chi connectivity index (χ4n) is 2.77. The van der Waals surface area contributed by atoms with E-state index >= 15 is 0 Å². The molecule has 0 bridgehead atoms. The van der Waals surface area contributed by atoms with Crippen molar-refractivity contribution in [3.63, 3.8) is 0 Å². The van der Waals surface area contributed by atoms with E-state index in [1.165, 1.54) is 5.56 Å². The Labute approximate surface area is 178 Å². The van der Waals surface area contributed by atoms with E-state index < -0.39 is 12.5 Å². The summed E-state index contributed by atoms with van der Waals surface area (Å²) in [6.45, 7) is 2.45. The van der Waals surface area contributed by atoms with Gasteiger partial charge in [0.2, 0.25) is 0 Å². The molecule has 0 radical (unpaired) electrons. The zero-order valence-electron chi connectivity index (χ0n) is 16.0. The number of halogens is 3. The van der Waals surface area contributed by atoms with Crippen LogP contribution in [-0.2, 0) is 11.3 Å². The van der Waals surface area contributed by atoms with Crippen LogP contribution in [0.25, 0.3) is 0 Å². The first-order valence-electron chi connectivity index (χ1n) is 9.02. The summed E-state index contributed by atoms with van der Waals surface area (Å²) in [6.07, 6.45) is 0.335. The summed E-state index contributed by atoms with van der Waals surface area (Å²) >= 11 is 2.37. The van der Waals surface area contributed by atoms with E-state index in [-0.39, 0.29) is 18.5 Å². The van der Waals surface area contributed by atoms with Crippen LogP contribution in [0.5, 0.6) is 0 Å². The Morgan fingerprint density at radius 1 is 1.21 bits per heavy atom. The summed E-state index contributed by atoms with van der Waals surface area (Å²) in [5.41, 5.74) is 9.54. The molecule has 7 heteroatoms. The smallest absolute Gasteiger partial charge is 0.268 e. The average molecular weight is 501 g/mol. The maximum Gasteiger partial charge on any atom is 0.268 e. The molecule has 0 aliphatic carbocycles. The number of nitrogens with one attached hydrogen (secondary N) is 2. The number of alkyl halides is 3. The Balaban J connectivity index is 2.13. The van der Waals surface area contributed by atoms with Crippen LogP contribution in [0.15, 0.2) is 48.5 Å². The minimum Gasteiger partial charge on any atom is -0.388 e. The summed E-state index contributed by atoms with van der Waals surface area (Å²) in [5, 5.41) is 11.1. The maximum absolute atomic E-state index is 12.9. The number of amidine groups is 1. The molecule has 0 amide bonds. The van der Waals surface area contributed by atoms with Gasteiger partial charge in [0.15, 0.2) is 0 Å². The highest BCUT2D eigenvalue weighted by Gasteiger charge is 2.21. The summed E-state index contributed by atoms with van der Waals surface area (Å²) < 4.78 is 31.4. The molecular formula is C21H26F2IN3O. The minimum absolute atomic E-state index is 0.0716. The Morgan fingerprint density at radius 3 is 2.46 bits per heavy atom. The molecule has 4 nitrogen and oxygen atoms in total. The largest absolute Gasteiger partial charge is 0.388 e. The molecule has 2 aromatic carbocycles. The fraction of sp³-hybridized carbons (Fsp3) is 0.381. The molecule has 0 aliphatic heterocycles. The highest BCUT2D eigenvalue weighted by atomic mass is 127. The van der Waals surface area contributed by atoms with Crippen LogP contribution in [0.3, 0.4) is 0 Å². The Morgan fingerprint density at radius 2 is 1.89 bits per heavy atom. The van der Waals surface area contributed by atoms with Crippen LogP contribution >= 0.6 is 22.6 Å². The molecule has 2 atom stereocenters. The Hall–Kier alpha value is -1.74. The molecule has 0 saturated carbocycles. The van der Waals surface area contributed by atoms with Crippen molar-refractivity contribution < 1.29 is 13.5 Å². The maximum atomic E-state index is 12.9. The molecule has 0 heterocycles. The number of rotatable bonds is 10. The van der Waals surface area contributed by atoms with E-state index in [1.807, 2.05) is 36.4 Å². The second-order valence-corrected chi connectivity index (χ2v) is 8.84. The topological polar surface area (TPSA) is 71.1 Å². The number of anilines is 1. The lowest BCUT2D eigenvalue weighted by Crippen LogP contribution is -2.20. The third-order valence-corrected chi connectivity index (χ3v) is 4.83. The van der Waals surface area contributed by atoms with E-state index in [2.05, 4.69) is 47.0 Å². The lowest BCUT2D eigenvalue weighted by molar-refractivity contribution is -0.0673. The van der Waals surface area contributed by atoms with Crippen LogP contribution in [0.2, 0.25) is 0 Å². The predicted octanol–water partition coefficient (Wildman–Crippen LogP) is 5.83. The van der Waals surface area contributed by atoms with Gasteiger partial charge in [-0.1, -0.05) is 59.0 Å². The quantitative estimate of drug-likeness (QED) is 0.166. The van der Waals surface area contributed by atoms with Crippen molar-refractivity contribution in [2.75, 3.05) is 11.9 Å². The molecule has 0 spiro atoms.